The van der Waals surface area contributed by atoms with Crippen molar-refractivity contribution in [1.29, 1.82) is 0 Å². The van der Waals surface area contributed by atoms with Gasteiger partial charge in [-0.05, 0) is 56.3 Å². The van der Waals surface area contributed by atoms with Crippen molar-refractivity contribution >= 4 is 5.69 Å². The SMILES string of the molecule is Nc1cnccc1OCC12CC3CC(CC(C3)C1)C2. The zero-order valence-corrected chi connectivity index (χ0v) is 11.3. The molecule has 0 saturated heterocycles. The monoisotopic (exact) mass is 258 g/mol. The molecule has 0 aromatic carbocycles. The maximum Gasteiger partial charge on any atom is 0.145 e. The Bertz CT molecular complexity index is 450. The number of hydrogen-bond donors (Lipinski definition) is 1. The van der Waals surface area contributed by atoms with Crippen LogP contribution in [0.1, 0.15) is 38.5 Å². The van der Waals surface area contributed by atoms with E-state index in [4.69, 9.17) is 10.5 Å². The standard InChI is InChI=1S/C16H22N2O/c17-14-9-18-2-1-15(14)19-10-16-6-11-3-12(7-16)5-13(4-11)8-16/h1-2,9,11-13H,3-8,10,17H2. The van der Waals surface area contributed by atoms with Gasteiger partial charge in [0.05, 0.1) is 18.5 Å². The lowest BCUT2D eigenvalue weighted by Crippen LogP contribution is -2.48. The molecule has 102 valence electrons. The fraction of sp³-hybridized carbons (Fsp3) is 0.688. The molecule has 4 aliphatic rings. The fourth-order valence-corrected chi connectivity index (χ4v) is 5.22. The van der Waals surface area contributed by atoms with Gasteiger partial charge >= 0.3 is 0 Å². The van der Waals surface area contributed by atoms with Crippen molar-refractivity contribution < 1.29 is 4.74 Å². The summed E-state index contributed by atoms with van der Waals surface area (Å²) in [6, 6.07) is 1.88. The zero-order valence-electron chi connectivity index (χ0n) is 11.3. The first-order valence-electron chi connectivity index (χ1n) is 7.55. The molecule has 3 heteroatoms. The molecular formula is C16H22N2O. The molecule has 3 nitrogen and oxygen atoms in total. The minimum atomic E-state index is 0.449. The molecule has 0 radical (unpaired) electrons. The first kappa shape index (κ1) is 11.6. The molecule has 1 heterocycles. The van der Waals surface area contributed by atoms with Crippen molar-refractivity contribution in [2.45, 2.75) is 38.5 Å². The second-order valence-electron chi connectivity index (χ2n) is 7.12. The second kappa shape index (κ2) is 4.12. The Kier molecular flexibility index (Phi) is 2.51. The molecular weight excluding hydrogens is 236 g/mol. The number of ether oxygens (including phenoxy) is 1. The number of hydrogen-bond acceptors (Lipinski definition) is 3. The number of nitrogens with zero attached hydrogens (tertiary/aromatic N) is 1. The molecule has 4 saturated carbocycles. The number of nitrogens with two attached hydrogens (primary N) is 1. The van der Waals surface area contributed by atoms with Gasteiger partial charge in [0, 0.05) is 17.7 Å². The predicted molar refractivity (Wildman–Crippen MR) is 74.7 cm³/mol. The van der Waals surface area contributed by atoms with Crippen LogP contribution in [0.4, 0.5) is 5.69 Å². The first-order chi connectivity index (χ1) is 9.22. The fourth-order valence-electron chi connectivity index (χ4n) is 5.22. The summed E-state index contributed by atoms with van der Waals surface area (Å²) in [6.07, 6.45) is 12.0. The Morgan fingerprint density at radius 2 is 1.79 bits per heavy atom. The number of pyridine rings is 1. The summed E-state index contributed by atoms with van der Waals surface area (Å²) in [7, 11) is 0. The number of aromatic nitrogens is 1. The Labute approximate surface area is 114 Å². The summed E-state index contributed by atoms with van der Waals surface area (Å²) in [5, 5.41) is 0. The van der Waals surface area contributed by atoms with Gasteiger partial charge in [-0.3, -0.25) is 4.98 Å². The van der Waals surface area contributed by atoms with Gasteiger partial charge in [-0.1, -0.05) is 0 Å². The van der Waals surface area contributed by atoms with E-state index in [2.05, 4.69) is 4.98 Å². The van der Waals surface area contributed by atoms with Gasteiger partial charge in [0.25, 0.3) is 0 Å². The summed E-state index contributed by atoms with van der Waals surface area (Å²) in [5.74, 6) is 3.74. The normalized spacial score (nSPS) is 39.5. The Balaban J connectivity index is 1.49. The van der Waals surface area contributed by atoms with Gasteiger partial charge in [-0.25, -0.2) is 0 Å². The van der Waals surface area contributed by atoms with E-state index in [-0.39, 0.29) is 0 Å². The van der Waals surface area contributed by atoms with E-state index in [1.807, 2.05) is 6.07 Å². The van der Waals surface area contributed by atoms with Crippen LogP contribution in [0.2, 0.25) is 0 Å². The third-order valence-electron chi connectivity index (χ3n) is 5.51. The van der Waals surface area contributed by atoms with E-state index in [1.165, 1.54) is 38.5 Å². The highest BCUT2D eigenvalue weighted by molar-refractivity contribution is 5.49. The van der Waals surface area contributed by atoms with E-state index in [0.29, 0.717) is 11.1 Å². The van der Waals surface area contributed by atoms with Crippen LogP contribution < -0.4 is 10.5 Å². The molecule has 4 aliphatic carbocycles. The molecule has 0 spiro atoms. The molecule has 1 aromatic heterocycles. The van der Waals surface area contributed by atoms with E-state index >= 15 is 0 Å². The lowest BCUT2D eigenvalue weighted by Gasteiger charge is -2.56. The quantitative estimate of drug-likeness (QED) is 0.905. The van der Waals surface area contributed by atoms with Crippen LogP contribution in [0, 0.1) is 23.2 Å². The molecule has 1 aromatic rings. The summed E-state index contributed by atoms with van der Waals surface area (Å²) in [5.41, 5.74) is 7.02. The molecule has 0 amide bonds. The predicted octanol–water partition coefficient (Wildman–Crippen LogP) is 3.26. The lowest BCUT2D eigenvalue weighted by atomic mass is 9.50. The van der Waals surface area contributed by atoms with Crippen molar-refractivity contribution in [2.75, 3.05) is 12.3 Å². The van der Waals surface area contributed by atoms with E-state index in [0.717, 1.165) is 30.1 Å². The summed E-state index contributed by atoms with van der Waals surface area (Å²) < 4.78 is 6.06. The molecule has 4 bridgehead atoms. The Hall–Kier alpha value is -1.25. The average Bonchev–Trinajstić information content (AvgIpc) is 2.36. The van der Waals surface area contributed by atoms with Crippen molar-refractivity contribution in [2.24, 2.45) is 23.2 Å². The molecule has 0 aliphatic heterocycles. The van der Waals surface area contributed by atoms with Crippen LogP contribution in [0.5, 0.6) is 5.75 Å². The van der Waals surface area contributed by atoms with E-state index < -0.39 is 0 Å². The summed E-state index contributed by atoms with van der Waals surface area (Å²) in [4.78, 5) is 4.01. The highest BCUT2D eigenvalue weighted by atomic mass is 16.5. The Morgan fingerprint density at radius 3 is 2.37 bits per heavy atom. The molecule has 0 unspecified atom stereocenters. The van der Waals surface area contributed by atoms with Gasteiger partial charge in [-0.2, -0.15) is 0 Å². The van der Waals surface area contributed by atoms with Crippen LogP contribution in [-0.4, -0.2) is 11.6 Å². The van der Waals surface area contributed by atoms with Crippen molar-refractivity contribution in [3.63, 3.8) is 0 Å². The third-order valence-corrected chi connectivity index (χ3v) is 5.51. The minimum Gasteiger partial charge on any atom is -0.491 e. The van der Waals surface area contributed by atoms with E-state index in [9.17, 15) is 0 Å². The maximum absolute atomic E-state index is 6.06. The van der Waals surface area contributed by atoms with Crippen molar-refractivity contribution in [3.8, 4) is 5.75 Å². The topological polar surface area (TPSA) is 48.1 Å². The average molecular weight is 258 g/mol. The van der Waals surface area contributed by atoms with Crippen LogP contribution in [0.15, 0.2) is 18.5 Å². The van der Waals surface area contributed by atoms with Crippen LogP contribution >= 0.6 is 0 Å². The zero-order chi connectivity index (χ0) is 12.9. The van der Waals surface area contributed by atoms with Gasteiger partial charge in [0.2, 0.25) is 0 Å². The highest BCUT2D eigenvalue weighted by Gasteiger charge is 2.51. The smallest absolute Gasteiger partial charge is 0.145 e. The number of nitrogen functional groups attached to an aromatic ring is 1. The van der Waals surface area contributed by atoms with Crippen molar-refractivity contribution in [3.05, 3.63) is 18.5 Å². The highest BCUT2D eigenvalue weighted by Crippen LogP contribution is 2.60. The van der Waals surface area contributed by atoms with E-state index in [1.54, 1.807) is 12.4 Å². The lowest BCUT2D eigenvalue weighted by molar-refractivity contribution is -0.0744. The number of rotatable bonds is 3. The van der Waals surface area contributed by atoms with Gasteiger partial charge in [-0.15, -0.1) is 0 Å². The maximum atomic E-state index is 6.06. The van der Waals surface area contributed by atoms with Crippen LogP contribution in [-0.2, 0) is 0 Å². The Morgan fingerprint density at radius 1 is 1.16 bits per heavy atom. The summed E-state index contributed by atoms with van der Waals surface area (Å²) in [6.45, 7) is 0.852. The minimum absolute atomic E-state index is 0.449. The van der Waals surface area contributed by atoms with Gasteiger partial charge in [0.1, 0.15) is 5.75 Å². The number of anilines is 1. The van der Waals surface area contributed by atoms with Gasteiger partial charge < -0.3 is 10.5 Å². The molecule has 19 heavy (non-hydrogen) atoms. The molecule has 2 N–H and O–H groups in total. The summed E-state index contributed by atoms with van der Waals surface area (Å²) >= 11 is 0. The third kappa shape index (κ3) is 1.99. The second-order valence-corrected chi connectivity index (χ2v) is 7.12. The van der Waals surface area contributed by atoms with Crippen LogP contribution in [0.25, 0.3) is 0 Å². The van der Waals surface area contributed by atoms with Gasteiger partial charge in [0.15, 0.2) is 0 Å². The van der Waals surface area contributed by atoms with Crippen LogP contribution in [0.3, 0.4) is 0 Å². The van der Waals surface area contributed by atoms with Crippen molar-refractivity contribution in [1.82, 2.24) is 4.98 Å². The molecule has 5 rings (SSSR count). The molecule has 0 atom stereocenters. The largest absolute Gasteiger partial charge is 0.491 e. The first-order valence-corrected chi connectivity index (χ1v) is 7.55. The molecule has 4 fully saturated rings.